The normalized spacial score (nSPS) is 16.7. The third kappa shape index (κ3) is 5.40. The fraction of sp³-hybridized carbons (Fsp3) is 0.500. The van der Waals surface area contributed by atoms with Crippen LogP contribution in [0.4, 0.5) is 10.1 Å². The molecule has 2 aliphatic heterocycles. The lowest BCUT2D eigenvalue weighted by Crippen LogP contribution is -2.37. The number of carbonyl (C=O) groups is 1. The van der Waals surface area contributed by atoms with Gasteiger partial charge in [0.25, 0.3) is 0 Å². The van der Waals surface area contributed by atoms with E-state index in [0.717, 1.165) is 0 Å². The Morgan fingerprint density at radius 2 is 1.84 bits per heavy atom. The molecule has 10 heteroatoms. The van der Waals surface area contributed by atoms with E-state index in [-0.39, 0.29) is 48.4 Å². The van der Waals surface area contributed by atoms with E-state index in [2.05, 4.69) is 4.51 Å². The van der Waals surface area contributed by atoms with E-state index in [1.54, 1.807) is 30.0 Å². The van der Waals surface area contributed by atoms with Crippen LogP contribution >= 0.6 is 11.8 Å². The van der Waals surface area contributed by atoms with Gasteiger partial charge in [-0.15, -0.1) is 0 Å². The zero-order chi connectivity index (χ0) is 27.6. The van der Waals surface area contributed by atoms with Crippen LogP contribution in [0.2, 0.25) is 0 Å². The zero-order valence-electron chi connectivity index (χ0n) is 22.6. The lowest BCUT2D eigenvalue weighted by Gasteiger charge is -2.32. The number of halogens is 2. The summed E-state index contributed by atoms with van der Waals surface area (Å²) in [6.45, 7) is 12.6. The number of hydrogen-bond acceptors (Lipinski definition) is 7. The van der Waals surface area contributed by atoms with E-state index >= 15 is 4.39 Å². The molecule has 1 N–H and O–H groups in total. The molecule has 0 radical (unpaired) electrons. The number of ether oxygens (including phenoxy) is 3. The molecule has 0 amide bonds. The lowest BCUT2D eigenvalue weighted by molar-refractivity contribution is 0.0963. The molecule has 0 spiro atoms. The Kier molecular flexibility index (Phi) is 8.37. The second kappa shape index (κ2) is 11.4. The number of amidine groups is 1. The van der Waals surface area contributed by atoms with Gasteiger partial charge in [0.05, 0.1) is 44.2 Å². The Hall–Kier alpha value is -3.04. The number of phenolic OH excluding ortho intramolecular Hbond substituents is 1. The van der Waals surface area contributed by atoms with Crippen LogP contribution in [0.1, 0.15) is 61.7 Å². The molecule has 8 nitrogen and oxygen atoms in total. The van der Waals surface area contributed by atoms with Crippen LogP contribution in [-0.2, 0) is 16.7 Å². The van der Waals surface area contributed by atoms with E-state index in [1.165, 1.54) is 0 Å². The van der Waals surface area contributed by atoms with Gasteiger partial charge in [0.2, 0.25) is 0 Å². The van der Waals surface area contributed by atoms with Crippen molar-refractivity contribution in [2.24, 2.45) is 4.51 Å². The van der Waals surface area contributed by atoms with E-state index < -0.39 is 11.2 Å². The summed E-state index contributed by atoms with van der Waals surface area (Å²) in [5.74, 6) is -0.178. The first-order chi connectivity index (χ1) is 18.1. The summed E-state index contributed by atoms with van der Waals surface area (Å²) in [4.78, 5) is 17.3. The van der Waals surface area contributed by atoms with Crippen molar-refractivity contribution in [2.75, 3.05) is 51.0 Å². The maximum absolute atomic E-state index is 15.6. The smallest absolute Gasteiger partial charge is 0.197 e. The molecule has 0 unspecified atom stereocenters. The molecule has 2 aliphatic rings. The fourth-order valence-electron chi connectivity index (χ4n) is 4.89. The molecule has 0 saturated carbocycles. The molecule has 0 bridgehead atoms. The Morgan fingerprint density at radius 3 is 2.45 bits per heavy atom. The van der Waals surface area contributed by atoms with E-state index in [9.17, 15) is 9.90 Å². The number of nitrogens with zero attached hydrogens (tertiary/aromatic N) is 3. The molecule has 1 fully saturated rings. The third-order valence-corrected chi connectivity index (χ3v) is 6.89. The molecular weight excluding hydrogens is 513 g/mol. The summed E-state index contributed by atoms with van der Waals surface area (Å²) in [6.07, 6.45) is 0. The van der Waals surface area contributed by atoms with E-state index in [0.29, 0.717) is 61.0 Å². The van der Waals surface area contributed by atoms with Gasteiger partial charge >= 0.3 is 0 Å². The first-order valence-electron chi connectivity index (χ1n) is 12.9. The van der Waals surface area contributed by atoms with Crippen LogP contribution in [-0.4, -0.2) is 67.7 Å². The summed E-state index contributed by atoms with van der Waals surface area (Å²) >= 11 is 5.94. The van der Waals surface area contributed by atoms with Crippen molar-refractivity contribution in [3.05, 3.63) is 46.3 Å². The van der Waals surface area contributed by atoms with Crippen molar-refractivity contribution < 1.29 is 28.5 Å². The highest BCUT2D eigenvalue weighted by atomic mass is 35.5. The summed E-state index contributed by atoms with van der Waals surface area (Å²) in [5, 5.41) is 11.1. The second-order valence-electron chi connectivity index (χ2n) is 10.3. The van der Waals surface area contributed by atoms with Crippen LogP contribution in [0, 0.1) is 5.82 Å². The maximum Gasteiger partial charge on any atom is 0.197 e. The number of rotatable bonds is 8. The second-order valence-corrected chi connectivity index (χ2v) is 10.5. The van der Waals surface area contributed by atoms with Crippen molar-refractivity contribution in [1.29, 1.82) is 0 Å². The SMILES string of the molecule is CCOc1cc2c(c(F)c1OCC)C(=NCl)N(CC(=O)c1cc(N3CCOCC3)c(O)c(C(C)(C)C)c1)C2. The van der Waals surface area contributed by atoms with Gasteiger partial charge in [-0.2, -0.15) is 4.51 Å². The molecule has 0 atom stereocenters. The lowest BCUT2D eigenvalue weighted by atomic mass is 9.84. The topological polar surface area (TPSA) is 83.8 Å². The fourth-order valence-corrected chi connectivity index (χ4v) is 5.08. The highest BCUT2D eigenvalue weighted by Gasteiger charge is 2.35. The van der Waals surface area contributed by atoms with Gasteiger partial charge in [-0.05, 0) is 43.0 Å². The first kappa shape index (κ1) is 28.0. The van der Waals surface area contributed by atoms with Gasteiger partial charge in [-0.25, -0.2) is 4.39 Å². The van der Waals surface area contributed by atoms with Crippen molar-refractivity contribution in [1.82, 2.24) is 4.90 Å². The number of carbonyl (C=O) groups excluding carboxylic acids is 1. The van der Waals surface area contributed by atoms with Gasteiger partial charge < -0.3 is 29.1 Å². The summed E-state index contributed by atoms with van der Waals surface area (Å²) < 4.78 is 36.0. The Morgan fingerprint density at radius 1 is 1.16 bits per heavy atom. The van der Waals surface area contributed by atoms with Crippen LogP contribution in [0.25, 0.3) is 0 Å². The predicted molar refractivity (Wildman–Crippen MR) is 146 cm³/mol. The molecule has 2 aromatic carbocycles. The van der Waals surface area contributed by atoms with Gasteiger partial charge in [-0.3, -0.25) is 4.79 Å². The highest BCUT2D eigenvalue weighted by Crippen LogP contribution is 2.41. The number of phenols is 1. The Balaban J connectivity index is 1.68. The van der Waals surface area contributed by atoms with Crippen molar-refractivity contribution in [3.63, 3.8) is 0 Å². The van der Waals surface area contributed by atoms with Crippen LogP contribution in [0.15, 0.2) is 22.7 Å². The number of benzene rings is 2. The molecule has 38 heavy (non-hydrogen) atoms. The van der Waals surface area contributed by atoms with E-state index in [4.69, 9.17) is 26.0 Å². The molecule has 206 valence electrons. The standard InChI is InChI=1S/C28H35ClFN3O5/c1-6-37-22-14-18-15-33(27(31-29)23(18)24(30)26(22)38-7-2)16-21(34)17-12-19(28(3,4)5)25(35)20(13-17)32-8-10-36-11-9-32/h12-14,35H,6-11,15-16H2,1-5H3. The van der Waals surface area contributed by atoms with Crippen LogP contribution in [0.3, 0.4) is 0 Å². The first-order valence-corrected chi connectivity index (χ1v) is 13.2. The quantitative estimate of drug-likeness (QED) is 0.462. The van der Waals surface area contributed by atoms with Crippen molar-refractivity contribution in [2.45, 2.75) is 46.6 Å². The minimum Gasteiger partial charge on any atom is -0.505 e. The number of hydrogen-bond donors (Lipinski definition) is 1. The molecule has 4 rings (SSSR count). The van der Waals surface area contributed by atoms with Crippen LogP contribution in [0.5, 0.6) is 17.2 Å². The maximum atomic E-state index is 15.6. The van der Waals surface area contributed by atoms with E-state index in [1.807, 2.05) is 32.6 Å². The number of aromatic hydroxyl groups is 1. The van der Waals surface area contributed by atoms with Gasteiger partial charge in [0, 0.05) is 42.5 Å². The average molecular weight is 548 g/mol. The minimum atomic E-state index is -0.614. The Labute approximate surface area is 228 Å². The van der Waals surface area contributed by atoms with Crippen molar-refractivity contribution >= 4 is 29.1 Å². The van der Waals surface area contributed by atoms with Gasteiger partial charge in [0.15, 0.2) is 28.9 Å². The Bertz CT molecular complexity index is 1240. The molecule has 0 aliphatic carbocycles. The molecule has 2 aromatic rings. The van der Waals surface area contributed by atoms with Crippen LogP contribution < -0.4 is 14.4 Å². The molecular formula is C28H35ClFN3O5. The molecule has 2 heterocycles. The predicted octanol–water partition coefficient (Wildman–Crippen LogP) is 5.06. The van der Waals surface area contributed by atoms with Crippen molar-refractivity contribution in [3.8, 4) is 17.2 Å². The average Bonchev–Trinajstić information content (AvgIpc) is 3.23. The third-order valence-electron chi connectivity index (χ3n) is 6.73. The number of ketones is 1. The number of fused-ring (bicyclic) bond motifs is 1. The van der Waals surface area contributed by atoms with Gasteiger partial charge in [-0.1, -0.05) is 20.8 Å². The molecule has 1 saturated heterocycles. The van der Waals surface area contributed by atoms with Gasteiger partial charge in [0.1, 0.15) is 5.75 Å². The minimum absolute atomic E-state index is 0.00241. The number of Topliss-reactive ketones (excluding diaryl/α,β-unsaturated/α-hetero) is 1. The number of morpholine rings is 1. The number of anilines is 1. The summed E-state index contributed by atoms with van der Waals surface area (Å²) in [5.41, 5.74) is 2.14. The molecule has 0 aromatic heterocycles. The highest BCUT2D eigenvalue weighted by molar-refractivity contribution is 6.23. The summed E-state index contributed by atoms with van der Waals surface area (Å²) in [7, 11) is 0. The monoisotopic (exact) mass is 547 g/mol. The zero-order valence-corrected chi connectivity index (χ0v) is 23.3. The largest absolute Gasteiger partial charge is 0.505 e. The summed E-state index contributed by atoms with van der Waals surface area (Å²) in [6, 6.07) is 5.18.